The van der Waals surface area contributed by atoms with Gasteiger partial charge in [-0.25, -0.2) is 0 Å². The van der Waals surface area contributed by atoms with Crippen molar-refractivity contribution in [3.05, 3.63) is 48.5 Å². The summed E-state index contributed by atoms with van der Waals surface area (Å²) in [6, 6.07) is 15.6. The molecule has 0 atom stereocenters. The van der Waals surface area contributed by atoms with Crippen LogP contribution in [0.3, 0.4) is 0 Å². The lowest BCUT2D eigenvalue weighted by Crippen LogP contribution is -2.25. The Morgan fingerprint density at radius 3 is 2.43 bits per heavy atom. The van der Waals surface area contributed by atoms with Gasteiger partial charge >= 0.3 is 0 Å². The van der Waals surface area contributed by atoms with E-state index in [0.29, 0.717) is 12.4 Å². The average Bonchev–Trinajstić information content (AvgIpc) is 3.03. The second-order valence-corrected chi connectivity index (χ2v) is 5.45. The first-order valence-corrected chi connectivity index (χ1v) is 7.56. The Morgan fingerprint density at radius 2 is 1.71 bits per heavy atom. The van der Waals surface area contributed by atoms with E-state index in [-0.39, 0.29) is 5.75 Å². The van der Waals surface area contributed by atoms with Crippen LogP contribution in [0, 0.1) is 0 Å². The molecule has 2 aromatic rings. The van der Waals surface area contributed by atoms with Crippen LogP contribution in [0.1, 0.15) is 12.8 Å². The molecule has 1 N–H and O–H groups in total. The lowest BCUT2D eigenvalue weighted by atomic mass is 10.1. The van der Waals surface area contributed by atoms with E-state index in [4.69, 9.17) is 4.74 Å². The Labute approximate surface area is 125 Å². The number of phenolic OH excluding ortho intramolecular Hbond substituents is 1. The molecule has 0 amide bonds. The second-order valence-electron chi connectivity index (χ2n) is 5.45. The first-order chi connectivity index (χ1) is 10.3. The molecular weight excluding hydrogens is 262 g/mol. The van der Waals surface area contributed by atoms with E-state index < -0.39 is 0 Å². The van der Waals surface area contributed by atoms with Crippen molar-refractivity contribution < 1.29 is 9.84 Å². The maximum Gasteiger partial charge on any atom is 0.161 e. The van der Waals surface area contributed by atoms with Gasteiger partial charge in [-0.15, -0.1) is 0 Å². The molecule has 1 heterocycles. The molecule has 1 fully saturated rings. The summed E-state index contributed by atoms with van der Waals surface area (Å²) in [6.45, 7) is 3.89. The number of phenols is 1. The highest BCUT2D eigenvalue weighted by molar-refractivity contribution is 5.66. The maximum absolute atomic E-state index is 10.1. The van der Waals surface area contributed by atoms with Gasteiger partial charge in [0.25, 0.3) is 0 Å². The Morgan fingerprint density at radius 1 is 0.952 bits per heavy atom. The Kier molecular flexibility index (Phi) is 4.41. The van der Waals surface area contributed by atoms with Crippen LogP contribution in [-0.4, -0.2) is 36.2 Å². The summed E-state index contributed by atoms with van der Waals surface area (Å²) >= 11 is 0. The zero-order chi connectivity index (χ0) is 14.5. The van der Waals surface area contributed by atoms with Gasteiger partial charge in [0.2, 0.25) is 0 Å². The minimum absolute atomic E-state index is 0.206. The molecule has 3 nitrogen and oxygen atoms in total. The van der Waals surface area contributed by atoms with Crippen molar-refractivity contribution in [2.24, 2.45) is 0 Å². The van der Waals surface area contributed by atoms with E-state index in [9.17, 15) is 5.11 Å². The smallest absolute Gasteiger partial charge is 0.161 e. The lowest BCUT2D eigenvalue weighted by molar-refractivity contribution is 0.231. The van der Waals surface area contributed by atoms with Gasteiger partial charge in [0.05, 0.1) is 0 Å². The third-order valence-corrected chi connectivity index (χ3v) is 3.93. The fourth-order valence-corrected chi connectivity index (χ4v) is 2.74. The van der Waals surface area contributed by atoms with E-state index >= 15 is 0 Å². The molecule has 2 aromatic carbocycles. The average molecular weight is 283 g/mol. The first-order valence-electron chi connectivity index (χ1n) is 7.56. The van der Waals surface area contributed by atoms with Crippen molar-refractivity contribution >= 4 is 0 Å². The van der Waals surface area contributed by atoms with Gasteiger partial charge in [0.1, 0.15) is 6.61 Å². The summed E-state index contributed by atoms with van der Waals surface area (Å²) in [5.74, 6) is 0.770. The van der Waals surface area contributed by atoms with Crippen molar-refractivity contribution in [3.63, 3.8) is 0 Å². The van der Waals surface area contributed by atoms with E-state index in [0.717, 1.165) is 17.7 Å². The van der Waals surface area contributed by atoms with Crippen LogP contribution >= 0.6 is 0 Å². The summed E-state index contributed by atoms with van der Waals surface area (Å²) in [4.78, 5) is 2.40. The molecule has 0 bridgehead atoms. The highest BCUT2D eigenvalue weighted by Gasteiger charge is 2.11. The fourth-order valence-electron chi connectivity index (χ4n) is 2.74. The molecule has 0 spiro atoms. The number of aromatic hydroxyl groups is 1. The Bertz CT molecular complexity index is 577. The zero-order valence-corrected chi connectivity index (χ0v) is 12.2. The molecule has 110 valence electrons. The number of benzene rings is 2. The number of hydrogen-bond donors (Lipinski definition) is 1. The minimum atomic E-state index is 0.206. The third kappa shape index (κ3) is 3.56. The van der Waals surface area contributed by atoms with E-state index in [1.165, 1.54) is 25.9 Å². The molecule has 1 aliphatic rings. The van der Waals surface area contributed by atoms with Crippen LogP contribution in [0.15, 0.2) is 48.5 Å². The molecule has 0 saturated carbocycles. The van der Waals surface area contributed by atoms with Crippen LogP contribution in [0.25, 0.3) is 11.1 Å². The zero-order valence-electron chi connectivity index (χ0n) is 12.2. The number of hydrogen-bond acceptors (Lipinski definition) is 3. The largest absolute Gasteiger partial charge is 0.504 e. The maximum atomic E-state index is 10.1. The van der Waals surface area contributed by atoms with Crippen molar-refractivity contribution in [3.8, 4) is 22.6 Å². The summed E-state index contributed by atoms with van der Waals surface area (Å²) in [6.07, 6.45) is 2.58. The van der Waals surface area contributed by atoms with Crippen LogP contribution in [-0.2, 0) is 0 Å². The van der Waals surface area contributed by atoms with E-state index in [1.54, 1.807) is 6.07 Å². The number of nitrogens with zero attached hydrogens (tertiary/aromatic N) is 1. The third-order valence-electron chi connectivity index (χ3n) is 3.93. The van der Waals surface area contributed by atoms with Crippen LogP contribution in [0.2, 0.25) is 0 Å². The van der Waals surface area contributed by atoms with Gasteiger partial charge in [-0.05, 0) is 49.2 Å². The Balaban J connectivity index is 1.61. The van der Waals surface area contributed by atoms with E-state index in [2.05, 4.69) is 4.90 Å². The van der Waals surface area contributed by atoms with Crippen molar-refractivity contribution in [2.75, 3.05) is 26.2 Å². The lowest BCUT2D eigenvalue weighted by Gasteiger charge is -2.15. The molecule has 0 aromatic heterocycles. The number of ether oxygens (including phenoxy) is 1. The molecule has 21 heavy (non-hydrogen) atoms. The Hall–Kier alpha value is -2.00. The summed E-state index contributed by atoms with van der Waals surface area (Å²) in [7, 11) is 0. The normalized spacial score (nSPS) is 15.2. The van der Waals surface area contributed by atoms with Crippen molar-refractivity contribution in [1.82, 2.24) is 4.90 Å². The highest BCUT2D eigenvalue weighted by Crippen LogP contribution is 2.31. The molecule has 1 aliphatic heterocycles. The molecule has 3 rings (SSSR count). The fraction of sp³-hybridized carbons (Fsp3) is 0.333. The predicted molar refractivity (Wildman–Crippen MR) is 84.7 cm³/mol. The standard InChI is InChI=1S/C18H21NO2/c20-17-14-16(15-6-2-1-3-7-15)8-9-18(17)21-13-12-19-10-4-5-11-19/h1-3,6-9,14,20H,4-5,10-13H2. The van der Waals surface area contributed by atoms with Gasteiger partial charge in [0, 0.05) is 6.54 Å². The minimum Gasteiger partial charge on any atom is -0.504 e. The SMILES string of the molecule is Oc1cc(-c2ccccc2)ccc1OCCN1CCCC1. The highest BCUT2D eigenvalue weighted by atomic mass is 16.5. The van der Waals surface area contributed by atoms with Gasteiger partial charge in [-0.1, -0.05) is 36.4 Å². The summed E-state index contributed by atoms with van der Waals surface area (Å²) in [5, 5.41) is 10.1. The van der Waals surface area contributed by atoms with Gasteiger partial charge < -0.3 is 9.84 Å². The quantitative estimate of drug-likeness (QED) is 0.911. The molecule has 0 unspecified atom stereocenters. The number of rotatable bonds is 5. The van der Waals surface area contributed by atoms with Crippen LogP contribution in [0.5, 0.6) is 11.5 Å². The first kappa shape index (κ1) is 14.0. The van der Waals surface area contributed by atoms with Gasteiger partial charge in [0.15, 0.2) is 11.5 Å². The van der Waals surface area contributed by atoms with Crippen molar-refractivity contribution in [2.45, 2.75) is 12.8 Å². The van der Waals surface area contributed by atoms with Crippen LogP contribution < -0.4 is 4.74 Å². The topological polar surface area (TPSA) is 32.7 Å². The van der Waals surface area contributed by atoms with Gasteiger partial charge in [-0.2, -0.15) is 0 Å². The molecule has 0 radical (unpaired) electrons. The van der Waals surface area contributed by atoms with Gasteiger partial charge in [-0.3, -0.25) is 4.90 Å². The molecule has 1 saturated heterocycles. The predicted octanol–water partition coefficient (Wildman–Crippen LogP) is 3.53. The molecule has 0 aliphatic carbocycles. The number of likely N-dealkylation sites (tertiary alicyclic amines) is 1. The summed E-state index contributed by atoms with van der Waals surface area (Å²) < 4.78 is 5.70. The van der Waals surface area contributed by atoms with E-state index in [1.807, 2.05) is 42.5 Å². The summed E-state index contributed by atoms with van der Waals surface area (Å²) in [5.41, 5.74) is 2.09. The van der Waals surface area contributed by atoms with Crippen LogP contribution in [0.4, 0.5) is 0 Å². The molecule has 3 heteroatoms. The molecular formula is C18H21NO2. The van der Waals surface area contributed by atoms with Crippen molar-refractivity contribution in [1.29, 1.82) is 0 Å². The second kappa shape index (κ2) is 6.64. The monoisotopic (exact) mass is 283 g/mol.